The summed E-state index contributed by atoms with van der Waals surface area (Å²) >= 11 is 0. The van der Waals surface area contributed by atoms with Crippen LogP contribution in [0.2, 0.25) is 0 Å². The first-order chi connectivity index (χ1) is 4.70. The van der Waals surface area contributed by atoms with Crippen molar-refractivity contribution in [2.45, 2.75) is 19.9 Å². The van der Waals surface area contributed by atoms with Crippen LogP contribution in [-0.2, 0) is 0 Å². The zero-order chi connectivity index (χ0) is 7.56. The van der Waals surface area contributed by atoms with Crippen molar-refractivity contribution < 1.29 is 0 Å². The van der Waals surface area contributed by atoms with Crippen molar-refractivity contribution in [3.05, 3.63) is 0 Å². The highest BCUT2D eigenvalue weighted by Crippen LogP contribution is 2.02. The maximum absolute atomic E-state index is 2.46. The summed E-state index contributed by atoms with van der Waals surface area (Å²) in [5, 5.41) is 0. The number of likely N-dealkylation sites (N-methyl/N-ethyl adjacent to an activating group) is 1. The Bertz CT molecular complexity index is 97.4. The maximum Gasteiger partial charge on any atom is 0.0110 e. The molecule has 1 heterocycles. The SMILES string of the molecule is CC(C)N(C)CCN1CC1. The van der Waals surface area contributed by atoms with Crippen LogP contribution in [0.1, 0.15) is 13.8 Å². The van der Waals surface area contributed by atoms with Crippen molar-refractivity contribution in [1.82, 2.24) is 9.80 Å². The van der Waals surface area contributed by atoms with E-state index < -0.39 is 0 Å². The van der Waals surface area contributed by atoms with Gasteiger partial charge in [0.1, 0.15) is 0 Å². The van der Waals surface area contributed by atoms with Gasteiger partial charge in [-0.2, -0.15) is 0 Å². The van der Waals surface area contributed by atoms with Gasteiger partial charge < -0.3 is 4.90 Å². The first kappa shape index (κ1) is 8.02. The molecule has 0 atom stereocenters. The Balaban J connectivity index is 1.99. The van der Waals surface area contributed by atoms with Crippen LogP contribution in [0.4, 0.5) is 0 Å². The number of rotatable bonds is 4. The Morgan fingerprint density at radius 2 is 2.00 bits per heavy atom. The van der Waals surface area contributed by atoms with Crippen LogP contribution in [0.25, 0.3) is 0 Å². The van der Waals surface area contributed by atoms with Crippen LogP contribution in [0.5, 0.6) is 0 Å². The molecule has 10 heavy (non-hydrogen) atoms. The fourth-order valence-electron chi connectivity index (χ4n) is 0.852. The highest BCUT2D eigenvalue weighted by molar-refractivity contribution is 4.73. The second kappa shape index (κ2) is 3.35. The summed E-state index contributed by atoms with van der Waals surface area (Å²) in [6.45, 7) is 9.61. The molecule has 2 heteroatoms. The molecule has 2 nitrogen and oxygen atoms in total. The zero-order valence-corrected chi connectivity index (χ0v) is 7.30. The molecule has 1 saturated heterocycles. The van der Waals surface area contributed by atoms with Crippen LogP contribution < -0.4 is 0 Å². The molecular formula is C8H18N2. The molecule has 0 N–H and O–H groups in total. The van der Waals surface area contributed by atoms with Gasteiger partial charge in [0.15, 0.2) is 0 Å². The van der Waals surface area contributed by atoms with E-state index in [0.29, 0.717) is 6.04 Å². The van der Waals surface area contributed by atoms with Gasteiger partial charge in [0, 0.05) is 32.2 Å². The first-order valence-corrected chi connectivity index (χ1v) is 4.13. The summed E-state index contributed by atoms with van der Waals surface area (Å²) in [6, 6.07) is 0.694. The molecule has 0 amide bonds. The quantitative estimate of drug-likeness (QED) is 0.531. The van der Waals surface area contributed by atoms with Crippen molar-refractivity contribution >= 4 is 0 Å². The lowest BCUT2D eigenvalue weighted by molar-refractivity contribution is 0.260. The molecule has 0 aromatic carbocycles. The Morgan fingerprint density at radius 3 is 2.40 bits per heavy atom. The average molecular weight is 142 g/mol. The predicted octanol–water partition coefficient (Wildman–Crippen LogP) is 0.642. The molecule has 0 aromatic rings. The van der Waals surface area contributed by atoms with E-state index in [-0.39, 0.29) is 0 Å². The fraction of sp³-hybridized carbons (Fsp3) is 1.00. The molecule has 0 radical (unpaired) electrons. The van der Waals surface area contributed by atoms with Gasteiger partial charge in [-0.1, -0.05) is 0 Å². The molecule has 1 aliphatic heterocycles. The lowest BCUT2D eigenvalue weighted by atomic mass is 10.3. The van der Waals surface area contributed by atoms with E-state index in [9.17, 15) is 0 Å². The van der Waals surface area contributed by atoms with Crippen molar-refractivity contribution in [3.8, 4) is 0 Å². The topological polar surface area (TPSA) is 6.25 Å². The summed E-state index contributed by atoms with van der Waals surface area (Å²) < 4.78 is 0. The molecule has 0 saturated carbocycles. The summed E-state index contributed by atoms with van der Waals surface area (Å²) in [4.78, 5) is 4.84. The van der Waals surface area contributed by atoms with Crippen molar-refractivity contribution in [3.63, 3.8) is 0 Å². The Morgan fingerprint density at radius 1 is 1.40 bits per heavy atom. The largest absolute Gasteiger partial charge is 0.303 e. The first-order valence-electron chi connectivity index (χ1n) is 4.13. The Hall–Kier alpha value is -0.0800. The third kappa shape index (κ3) is 2.67. The van der Waals surface area contributed by atoms with Gasteiger partial charge in [-0.25, -0.2) is 0 Å². The summed E-state index contributed by atoms with van der Waals surface area (Å²) in [6.07, 6.45) is 0. The molecule has 0 bridgehead atoms. The molecule has 0 unspecified atom stereocenters. The van der Waals surface area contributed by atoms with E-state index >= 15 is 0 Å². The van der Waals surface area contributed by atoms with E-state index in [0.717, 1.165) is 0 Å². The van der Waals surface area contributed by atoms with E-state index in [1.807, 2.05) is 0 Å². The smallest absolute Gasteiger partial charge is 0.0110 e. The van der Waals surface area contributed by atoms with Gasteiger partial charge >= 0.3 is 0 Å². The van der Waals surface area contributed by atoms with E-state index in [1.54, 1.807) is 0 Å². The molecular weight excluding hydrogens is 124 g/mol. The summed E-state index contributed by atoms with van der Waals surface area (Å²) in [7, 11) is 2.19. The van der Waals surface area contributed by atoms with Gasteiger partial charge in [-0.05, 0) is 20.9 Å². The molecule has 1 rings (SSSR count). The van der Waals surface area contributed by atoms with E-state index in [2.05, 4.69) is 30.7 Å². The van der Waals surface area contributed by atoms with Gasteiger partial charge in [-0.3, -0.25) is 4.90 Å². The lowest BCUT2D eigenvalue weighted by Crippen LogP contribution is -2.30. The average Bonchev–Trinajstić information content (AvgIpc) is 2.64. The van der Waals surface area contributed by atoms with Crippen LogP contribution >= 0.6 is 0 Å². The molecule has 0 spiro atoms. The van der Waals surface area contributed by atoms with Crippen LogP contribution in [0, 0.1) is 0 Å². The van der Waals surface area contributed by atoms with Gasteiger partial charge in [-0.15, -0.1) is 0 Å². The van der Waals surface area contributed by atoms with Crippen molar-refractivity contribution in [1.29, 1.82) is 0 Å². The number of nitrogens with zero attached hydrogens (tertiary/aromatic N) is 2. The van der Waals surface area contributed by atoms with Crippen LogP contribution in [0.3, 0.4) is 0 Å². The third-order valence-electron chi connectivity index (χ3n) is 2.19. The maximum atomic E-state index is 2.46. The highest BCUT2D eigenvalue weighted by atomic mass is 15.3. The highest BCUT2D eigenvalue weighted by Gasteiger charge is 2.16. The zero-order valence-electron chi connectivity index (χ0n) is 7.30. The standard InChI is InChI=1S/C8H18N2/c1-8(2)9(3)4-5-10-6-7-10/h8H,4-7H2,1-3H3. The minimum absolute atomic E-state index is 0.694. The minimum atomic E-state index is 0.694. The lowest BCUT2D eigenvalue weighted by Gasteiger charge is -2.20. The number of hydrogen-bond acceptors (Lipinski definition) is 2. The van der Waals surface area contributed by atoms with Crippen LogP contribution in [0.15, 0.2) is 0 Å². The Kier molecular flexibility index (Phi) is 2.69. The van der Waals surface area contributed by atoms with Crippen molar-refractivity contribution in [2.24, 2.45) is 0 Å². The summed E-state index contributed by atoms with van der Waals surface area (Å²) in [5.74, 6) is 0. The van der Waals surface area contributed by atoms with Gasteiger partial charge in [0.25, 0.3) is 0 Å². The van der Waals surface area contributed by atoms with Gasteiger partial charge in [0.05, 0.1) is 0 Å². The molecule has 1 aliphatic rings. The Labute approximate surface area is 63.8 Å². The number of hydrogen-bond donors (Lipinski definition) is 0. The second-order valence-corrected chi connectivity index (χ2v) is 3.42. The van der Waals surface area contributed by atoms with Crippen molar-refractivity contribution in [2.75, 3.05) is 33.2 Å². The third-order valence-corrected chi connectivity index (χ3v) is 2.19. The fourth-order valence-corrected chi connectivity index (χ4v) is 0.852. The molecule has 0 aliphatic carbocycles. The van der Waals surface area contributed by atoms with E-state index in [4.69, 9.17) is 0 Å². The molecule has 1 fully saturated rings. The summed E-state index contributed by atoms with van der Waals surface area (Å²) in [5.41, 5.74) is 0. The second-order valence-electron chi connectivity index (χ2n) is 3.42. The van der Waals surface area contributed by atoms with Gasteiger partial charge in [0.2, 0.25) is 0 Å². The molecule has 60 valence electrons. The molecule has 0 aromatic heterocycles. The van der Waals surface area contributed by atoms with E-state index in [1.165, 1.54) is 26.2 Å². The minimum Gasteiger partial charge on any atom is -0.303 e. The normalized spacial score (nSPS) is 18.9. The predicted molar refractivity (Wildman–Crippen MR) is 44.2 cm³/mol. The van der Waals surface area contributed by atoms with Crippen LogP contribution in [-0.4, -0.2) is 49.1 Å². The monoisotopic (exact) mass is 142 g/mol.